The second-order valence-corrected chi connectivity index (χ2v) is 6.22. The molecule has 2 rings (SSSR count). The summed E-state index contributed by atoms with van der Waals surface area (Å²) in [4.78, 5) is 29.9. The van der Waals surface area contributed by atoms with Gasteiger partial charge in [0.15, 0.2) is 0 Å². The minimum Gasteiger partial charge on any atom is -0.492 e. The van der Waals surface area contributed by atoms with Crippen LogP contribution in [0.1, 0.15) is 19.4 Å². The van der Waals surface area contributed by atoms with Crippen molar-refractivity contribution in [1.29, 1.82) is 0 Å². The van der Waals surface area contributed by atoms with E-state index in [4.69, 9.17) is 9.47 Å². The summed E-state index contributed by atoms with van der Waals surface area (Å²) < 4.78 is 10.7. The van der Waals surface area contributed by atoms with Gasteiger partial charge in [-0.25, -0.2) is 4.98 Å². The molecule has 1 heterocycles. The van der Waals surface area contributed by atoms with Gasteiger partial charge in [0.05, 0.1) is 13.2 Å². The summed E-state index contributed by atoms with van der Waals surface area (Å²) >= 11 is 0. The number of ketones is 1. The lowest BCUT2D eigenvalue weighted by molar-refractivity contribution is -0.151. The second-order valence-electron chi connectivity index (χ2n) is 6.22. The molecule has 6 heteroatoms. The Hall–Kier alpha value is -2.89. The Morgan fingerprint density at radius 3 is 2.48 bits per heavy atom. The second kappa shape index (κ2) is 10.3. The third-order valence-electron chi connectivity index (χ3n) is 4.16. The van der Waals surface area contributed by atoms with Crippen molar-refractivity contribution in [3.63, 3.8) is 0 Å². The van der Waals surface area contributed by atoms with Crippen LogP contribution >= 0.6 is 0 Å². The highest BCUT2D eigenvalue weighted by Gasteiger charge is 2.24. The zero-order chi connectivity index (χ0) is 19.6. The number of anilines is 1. The van der Waals surface area contributed by atoms with E-state index in [1.807, 2.05) is 54.4 Å². The molecular formula is C21H26N2O4. The molecule has 6 nitrogen and oxygen atoms in total. The molecule has 1 atom stereocenters. The van der Waals surface area contributed by atoms with Gasteiger partial charge in [0.25, 0.3) is 0 Å². The number of nitrogens with zero attached hydrogens (tertiary/aromatic N) is 2. The van der Waals surface area contributed by atoms with Crippen LogP contribution in [0.15, 0.2) is 48.7 Å². The molecule has 0 bridgehead atoms. The number of likely N-dealkylation sites (N-methyl/N-ethyl adjacent to an activating group) is 1. The van der Waals surface area contributed by atoms with Gasteiger partial charge < -0.3 is 14.4 Å². The predicted molar refractivity (Wildman–Crippen MR) is 104 cm³/mol. The quantitative estimate of drug-likeness (QED) is 0.473. The van der Waals surface area contributed by atoms with Gasteiger partial charge in [0.1, 0.15) is 29.9 Å². The first-order chi connectivity index (χ1) is 13.0. The first-order valence-corrected chi connectivity index (χ1v) is 9.02. The number of aromatic nitrogens is 1. The van der Waals surface area contributed by atoms with E-state index in [1.54, 1.807) is 13.1 Å². The van der Waals surface area contributed by atoms with Crippen molar-refractivity contribution in [1.82, 2.24) is 4.98 Å². The number of ether oxygens (including phenoxy) is 2. The third-order valence-corrected chi connectivity index (χ3v) is 4.16. The van der Waals surface area contributed by atoms with Gasteiger partial charge >= 0.3 is 5.97 Å². The standard InChI is InChI=1S/C21H26N2O4/c1-4-26-21(25)19(16(2)24)15-17-8-10-18(11-9-17)27-14-13-23(3)20-7-5-6-12-22-20/h5-12,19H,4,13-15H2,1-3H3. The molecule has 27 heavy (non-hydrogen) atoms. The van der Waals surface area contributed by atoms with Gasteiger partial charge in [-0.1, -0.05) is 18.2 Å². The lowest BCUT2D eigenvalue weighted by Crippen LogP contribution is -2.26. The fourth-order valence-corrected chi connectivity index (χ4v) is 2.59. The fraction of sp³-hybridized carbons (Fsp3) is 0.381. The first-order valence-electron chi connectivity index (χ1n) is 9.02. The number of hydrogen-bond donors (Lipinski definition) is 0. The van der Waals surface area contributed by atoms with E-state index < -0.39 is 11.9 Å². The molecule has 0 saturated carbocycles. The molecule has 2 aromatic rings. The maximum atomic E-state index is 11.9. The summed E-state index contributed by atoms with van der Waals surface area (Å²) in [5.74, 6) is 0.215. The number of carbonyl (C=O) groups is 2. The van der Waals surface area contributed by atoms with Crippen molar-refractivity contribution in [2.75, 3.05) is 31.7 Å². The van der Waals surface area contributed by atoms with Crippen LogP contribution < -0.4 is 9.64 Å². The topological polar surface area (TPSA) is 68.7 Å². The molecule has 0 aliphatic carbocycles. The van der Waals surface area contributed by atoms with Crippen LogP contribution in [-0.2, 0) is 20.7 Å². The molecule has 1 aromatic heterocycles. The van der Waals surface area contributed by atoms with Crippen LogP contribution in [0.25, 0.3) is 0 Å². The zero-order valence-corrected chi connectivity index (χ0v) is 16.1. The maximum absolute atomic E-state index is 11.9. The fourth-order valence-electron chi connectivity index (χ4n) is 2.59. The van der Waals surface area contributed by atoms with Crippen LogP contribution in [-0.4, -0.2) is 43.5 Å². The number of carbonyl (C=O) groups excluding carboxylic acids is 2. The Bertz CT molecular complexity index is 732. The average Bonchev–Trinajstić information content (AvgIpc) is 2.67. The molecule has 0 aliphatic heterocycles. The monoisotopic (exact) mass is 370 g/mol. The minimum atomic E-state index is -0.760. The van der Waals surface area contributed by atoms with E-state index in [-0.39, 0.29) is 12.4 Å². The van der Waals surface area contributed by atoms with Gasteiger partial charge in [-0.05, 0) is 50.1 Å². The van der Waals surface area contributed by atoms with Crippen LogP contribution in [0.2, 0.25) is 0 Å². The summed E-state index contributed by atoms with van der Waals surface area (Å²) in [6, 6.07) is 13.2. The highest BCUT2D eigenvalue weighted by atomic mass is 16.5. The maximum Gasteiger partial charge on any atom is 0.316 e. The number of rotatable bonds is 10. The Kier molecular flexibility index (Phi) is 7.79. The summed E-state index contributed by atoms with van der Waals surface area (Å²) in [6.45, 7) is 4.63. The van der Waals surface area contributed by atoms with Crippen LogP contribution in [0.3, 0.4) is 0 Å². The normalized spacial score (nSPS) is 11.5. The molecule has 1 unspecified atom stereocenters. The molecule has 144 valence electrons. The molecule has 0 amide bonds. The number of esters is 1. The molecule has 0 N–H and O–H groups in total. The number of benzene rings is 1. The minimum absolute atomic E-state index is 0.189. The molecule has 0 saturated heterocycles. The Morgan fingerprint density at radius 1 is 1.15 bits per heavy atom. The third kappa shape index (κ3) is 6.40. The lowest BCUT2D eigenvalue weighted by Gasteiger charge is -2.18. The smallest absolute Gasteiger partial charge is 0.316 e. The van der Waals surface area contributed by atoms with Gasteiger partial charge in [-0.3, -0.25) is 9.59 Å². The predicted octanol–water partition coefficient (Wildman–Crippen LogP) is 2.91. The summed E-state index contributed by atoms with van der Waals surface area (Å²) in [6.07, 6.45) is 2.09. The van der Waals surface area contributed by atoms with Gasteiger partial charge in [-0.2, -0.15) is 0 Å². The highest BCUT2D eigenvalue weighted by molar-refractivity contribution is 5.98. The van der Waals surface area contributed by atoms with Crippen molar-refractivity contribution in [2.45, 2.75) is 20.3 Å². The summed E-state index contributed by atoms with van der Waals surface area (Å²) in [7, 11) is 1.96. The average molecular weight is 370 g/mol. The molecule has 0 radical (unpaired) electrons. The van der Waals surface area contributed by atoms with Gasteiger partial charge in [0, 0.05) is 13.2 Å². The van der Waals surface area contributed by atoms with Crippen molar-refractivity contribution in [3.05, 3.63) is 54.2 Å². The SMILES string of the molecule is CCOC(=O)C(Cc1ccc(OCCN(C)c2ccccn2)cc1)C(C)=O. The first kappa shape index (κ1) is 20.4. The van der Waals surface area contributed by atoms with Crippen molar-refractivity contribution in [3.8, 4) is 5.75 Å². The Labute approximate surface area is 160 Å². The lowest BCUT2D eigenvalue weighted by atomic mass is 9.96. The molecular weight excluding hydrogens is 344 g/mol. The number of pyridine rings is 1. The summed E-state index contributed by atoms with van der Waals surface area (Å²) in [5, 5.41) is 0. The van der Waals surface area contributed by atoms with Gasteiger partial charge in [0.2, 0.25) is 0 Å². The van der Waals surface area contributed by atoms with Crippen LogP contribution in [0.5, 0.6) is 5.75 Å². The van der Waals surface area contributed by atoms with Crippen molar-refractivity contribution >= 4 is 17.6 Å². The number of Topliss-reactive ketones (excluding diaryl/α,β-unsaturated/α-hetero) is 1. The van der Waals surface area contributed by atoms with E-state index >= 15 is 0 Å². The van der Waals surface area contributed by atoms with E-state index in [0.717, 1.165) is 17.1 Å². The largest absolute Gasteiger partial charge is 0.492 e. The molecule has 0 aliphatic rings. The van der Waals surface area contributed by atoms with E-state index in [2.05, 4.69) is 4.98 Å². The molecule has 0 fully saturated rings. The number of hydrogen-bond acceptors (Lipinski definition) is 6. The molecule has 0 spiro atoms. The Morgan fingerprint density at radius 2 is 1.89 bits per heavy atom. The van der Waals surface area contributed by atoms with Crippen molar-refractivity contribution in [2.24, 2.45) is 5.92 Å². The Balaban J connectivity index is 1.85. The van der Waals surface area contributed by atoms with Crippen LogP contribution in [0, 0.1) is 5.92 Å². The summed E-state index contributed by atoms with van der Waals surface area (Å²) in [5.41, 5.74) is 0.890. The van der Waals surface area contributed by atoms with Gasteiger partial charge in [-0.15, -0.1) is 0 Å². The molecule has 1 aromatic carbocycles. The van der Waals surface area contributed by atoms with E-state index in [0.29, 0.717) is 19.6 Å². The van der Waals surface area contributed by atoms with E-state index in [9.17, 15) is 9.59 Å². The zero-order valence-electron chi connectivity index (χ0n) is 16.1. The van der Waals surface area contributed by atoms with E-state index in [1.165, 1.54) is 6.92 Å². The van der Waals surface area contributed by atoms with Crippen molar-refractivity contribution < 1.29 is 19.1 Å². The highest BCUT2D eigenvalue weighted by Crippen LogP contribution is 2.17. The van der Waals surface area contributed by atoms with Crippen LogP contribution in [0.4, 0.5) is 5.82 Å².